The Labute approximate surface area is 86.5 Å². The van der Waals surface area contributed by atoms with Crippen molar-refractivity contribution in [3.63, 3.8) is 0 Å². The number of rotatable bonds is 4. The fourth-order valence-electron chi connectivity index (χ4n) is 0.763. The van der Waals surface area contributed by atoms with Gasteiger partial charge < -0.3 is 5.73 Å². The monoisotopic (exact) mass is 220 g/mol. The molecule has 84 valence electrons. The summed E-state index contributed by atoms with van der Waals surface area (Å²) >= 11 is 0. The number of hydrogen-bond acceptors (Lipinski definition) is 3. The van der Waals surface area contributed by atoms with E-state index in [1.165, 1.54) is 6.26 Å². The van der Waals surface area contributed by atoms with Crippen molar-refractivity contribution in [2.24, 2.45) is 16.1 Å². The summed E-state index contributed by atoms with van der Waals surface area (Å²) in [6.45, 7) is 6.41. The van der Waals surface area contributed by atoms with Gasteiger partial charge in [0, 0.05) is 18.2 Å². The van der Waals surface area contributed by atoms with E-state index in [-0.39, 0.29) is 11.2 Å². The van der Waals surface area contributed by atoms with Crippen molar-refractivity contribution in [2.75, 3.05) is 18.6 Å². The van der Waals surface area contributed by atoms with Gasteiger partial charge in [0.15, 0.2) is 0 Å². The number of hydrogen-bond donors (Lipinski definition) is 1. The smallest absolute Gasteiger partial charge is 0.147 e. The molecule has 0 spiro atoms. The quantitative estimate of drug-likeness (QED) is 0.433. The van der Waals surface area contributed by atoms with Crippen molar-refractivity contribution < 1.29 is 8.42 Å². The number of nitrogens with two attached hydrogens (primary N) is 1. The molecular formula is C9H20N2O2S. The highest BCUT2D eigenvalue weighted by atomic mass is 32.2. The standard InChI is InChI=1S/C9H20N2O2S/c1-9(2,3)8(10)11-6-5-7-14(4,12)13/h5-7H2,1-4H3,(H2,10,11). The Morgan fingerprint density at radius 3 is 2.21 bits per heavy atom. The lowest BCUT2D eigenvalue weighted by atomic mass is 9.95. The third kappa shape index (κ3) is 6.88. The molecule has 0 unspecified atom stereocenters. The topological polar surface area (TPSA) is 72.5 Å². The van der Waals surface area contributed by atoms with Gasteiger partial charge in [0.25, 0.3) is 0 Å². The van der Waals surface area contributed by atoms with Crippen molar-refractivity contribution in [3.8, 4) is 0 Å². The van der Waals surface area contributed by atoms with Crippen LogP contribution in [0.15, 0.2) is 4.99 Å². The predicted octanol–water partition coefficient (Wildman–Crippen LogP) is 0.824. The summed E-state index contributed by atoms with van der Waals surface area (Å²) in [4.78, 5) is 4.13. The fourth-order valence-corrected chi connectivity index (χ4v) is 1.42. The first-order valence-electron chi connectivity index (χ1n) is 4.61. The summed E-state index contributed by atoms with van der Waals surface area (Å²) in [7, 11) is -2.87. The summed E-state index contributed by atoms with van der Waals surface area (Å²) in [6.07, 6.45) is 1.76. The maximum atomic E-state index is 10.8. The molecule has 0 saturated heterocycles. The summed E-state index contributed by atoms with van der Waals surface area (Å²) in [5.74, 6) is 0.750. The van der Waals surface area contributed by atoms with Gasteiger partial charge in [0.2, 0.25) is 0 Å². The molecule has 0 aliphatic carbocycles. The highest BCUT2D eigenvalue weighted by Gasteiger charge is 2.14. The summed E-state index contributed by atoms with van der Waals surface area (Å²) in [6, 6.07) is 0. The van der Waals surface area contributed by atoms with Gasteiger partial charge in [0.1, 0.15) is 9.84 Å². The van der Waals surface area contributed by atoms with E-state index in [0.29, 0.717) is 18.8 Å². The van der Waals surface area contributed by atoms with Crippen molar-refractivity contribution in [1.29, 1.82) is 0 Å². The van der Waals surface area contributed by atoms with Crippen LogP contribution in [0.25, 0.3) is 0 Å². The summed E-state index contributed by atoms with van der Waals surface area (Å²) in [5, 5.41) is 0. The Bertz CT molecular complexity index is 299. The van der Waals surface area contributed by atoms with Crippen molar-refractivity contribution in [1.82, 2.24) is 0 Å². The molecule has 0 heterocycles. The minimum atomic E-state index is -2.87. The Balaban J connectivity index is 3.96. The van der Waals surface area contributed by atoms with Crippen molar-refractivity contribution in [3.05, 3.63) is 0 Å². The maximum Gasteiger partial charge on any atom is 0.147 e. The lowest BCUT2D eigenvalue weighted by Gasteiger charge is -2.17. The van der Waals surface area contributed by atoms with E-state index in [1.807, 2.05) is 20.8 Å². The van der Waals surface area contributed by atoms with Gasteiger partial charge in [-0.25, -0.2) is 8.42 Å². The zero-order valence-corrected chi connectivity index (χ0v) is 10.2. The Morgan fingerprint density at radius 1 is 1.36 bits per heavy atom. The van der Waals surface area contributed by atoms with E-state index in [9.17, 15) is 8.42 Å². The number of amidine groups is 1. The molecule has 0 saturated carbocycles. The molecule has 0 aromatic rings. The Kier molecular flexibility index (Phi) is 4.58. The highest BCUT2D eigenvalue weighted by Crippen LogP contribution is 2.12. The van der Waals surface area contributed by atoms with Crippen LogP contribution >= 0.6 is 0 Å². The van der Waals surface area contributed by atoms with E-state index in [4.69, 9.17) is 5.73 Å². The molecule has 0 aromatic heterocycles. The van der Waals surface area contributed by atoms with Crippen molar-refractivity contribution >= 4 is 15.7 Å². The Hall–Kier alpha value is -0.580. The van der Waals surface area contributed by atoms with Crippen LogP contribution < -0.4 is 5.73 Å². The van der Waals surface area contributed by atoms with E-state index < -0.39 is 9.84 Å². The molecule has 0 atom stereocenters. The van der Waals surface area contributed by atoms with E-state index in [0.717, 1.165) is 0 Å². The minimum absolute atomic E-state index is 0.134. The summed E-state index contributed by atoms with van der Waals surface area (Å²) < 4.78 is 21.6. The number of aliphatic imine (C=N–C) groups is 1. The molecule has 4 nitrogen and oxygen atoms in total. The summed E-state index contributed by atoms with van der Waals surface area (Å²) in [5.41, 5.74) is 5.57. The molecular weight excluding hydrogens is 200 g/mol. The molecule has 0 rings (SSSR count). The second kappa shape index (κ2) is 4.77. The van der Waals surface area contributed by atoms with E-state index in [1.54, 1.807) is 0 Å². The molecule has 5 heteroatoms. The molecule has 0 amide bonds. The molecule has 0 bridgehead atoms. The van der Waals surface area contributed by atoms with Gasteiger partial charge in [-0.1, -0.05) is 20.8 Å². The lowest BCUT2D eigenvalue weighted by molar-refractivity contribution is 0.580. The maximum absolute atomic E-state index is 10.8. The van der Waals surface area contributed by atoms with Crippen LogP contribution in [0.4, 0.5) is 0 Å². The number of sulfone groups is 1. The third-order valence-corrected chi connectivity index (χ3v) is 2.75. The van der Waals surface area contributed by atoms with Gasteiger partial charge in [0.05, 0.1) is 11.6 Å². The molecule has 14 heavy (non-hydrogen) atoms. The van der Waals surface area contributed by atoms with Crippen LogP contribution in [-0.2, 0) is 9.84 Å². The van der Waals surface area contributed by atoms with E-state index >= 15 is 0 Å². The molecule has 0 aromatic carbocycles. The molecule has 0 aliphatic heterocycles. The van der Waals surface area contributed by atoms with Crippen LogP contribution in [0, 0.1) is 5.41 Å². The zero-order chi connectivity index (χ0) is 11.4. The first-order chi connectivity index (χ1) is 6.13. The van der Waals surface area contributed by atoms with Gasteiger partial charge in [-0.3, -0.25) is 4.99 Å². The molecule has 0 fully saturated rings. The average Bonchev–Trinajstić information content (AvgIpc) is 1.93. The zero-order valence-electron chi connectivity index (χ0n) is 9.37. The first kappa shape index (κ1) is 13.4. The van der Waals surface area contributed by atoms with Crippen LogP contribution in [0.2, 0.25) is 0 Å². The molecule has 0 radical (unpaired) electrons. The third-order valence-electron chi connectivity index (χ3n) is 1.72. The van der Waals surface area contributed by atoms with E-state index in [2.05, 4.69) is 4.99 Å². The predicted molar refractivity (Wildman–Crippen MR) is 60.3 cm³/mol. The van der Waals surface area contributed by atoms with Gasteiger partial charge in [-0.2, -0.15) is 0 Å². The van der Waals surface area contributed by atoms with Gasteiger partial charge in [-0.15, -0.1) is 0 Å². The van der Waals surface area contributed by atoms with Crippen LogP contribution in [0.5, 0.6) is 0 Å². The highest BCUT2D eigenvalue weighted by molar-refractivity contribution is 7.90. The SMILES string of the molecule is CC(C)(C)C(N)=NCCCS(C)(=O)=O. The lowest BCUT2D eigenvalue weighted by Crippen LogP contribution is -2.29. The second-order valence-electron chi connectivity index (χ2n) is 4.50. The van der Waals surface area contributed by atoms with Crippen LogP contribution in [0.3, 0.4) is 0 Å². The van der Waals surface area contributed by atoms with Crippen LogP contribution in [-0.4, -0.2) is 32.8 Å². The minimum Gasteiger partial charge on any atom is -0.387 e. The normalized spacial score (nSPS) is 14.4. The molecule has 0 aliphatic rings. The molecule has 2 N–H and O–H groups in total. The second-order valence-corrected chi connectivity index (χ2v) is 6.76. The van der Waals surface area contributed by atoms with Crippen LogP contribution in [0.1, 0.15) is 27.2 Å². The fraction of sp³-hybridized carbons (Fsp3) is 0.889. The van der Waals surface area contributed by atoms with Crippen molar-refractivity contribution in [2.45, 2.75) is 27.2 Å². The number of nitrogens with zero attached hydrogens (tertiary/aromatic N) is 1. The largest absolute Gasteiger partial charge is 0.387 e. The average molecular weight is 220 g/mol. The Morgan fingerprint density at radius 2 is 1.86 bits per heavy atom. The van der Waals surface area contributed by atoms with Gasteiger partial charge in [-0.05, 0) is 6.42 Å². The van der Waals surface area contributed by atoms with Gasteiger partial charge >= 0.3 is 0 Å². The first-order valence-corrected chi connectivity index (χ1v) is 6.67.